The molecule has 1 aliphatic heterocycles. The molecule has 1 saturated heterocycles. The largest absolute Gasteiger partial charge is 0.347 e. The number of imidazole rings is 2. The molecule has 210 valence electrons. The number of hydrogen-bond donors (Lipinski definition) is 2. The van der Waals surface area contributed by atoms with Crippen LogP contribution >= 0.6 is 0 Å². The SMILES string of the molecule is CCN(CCC1(C)CCN(Cc2ccc(C(=O)N(Cc3ncc[nH]3)Cc3ncc[nH]3)cc2)C1)C1CCCCC1. The second-order valence-corrected chi connectivity index (χ2v) is 11.9. The highest BCUT2D eigenvalue weighted by Crippen LogP contribution is 2.35. The number of carbonyl (C=O) groups excluding carboxylic acids is 1. The van der Waals surface area contributed by atoms with Gasteiger partial charge in [-0.2, -0.15) is 0 Å². The molecule has 0 bridgehead atoms. The number of H-pyrrole nitrogens is 2. The number of likely N-dealkylation sites (tertiary alicyclic amines) is 1. The van der Waals surface area contributed by atoms with Crippen LogP contribution in [-0.2, 0) is 19.6 Å². The van der Waals surface area contributed by atoms with Crippen LogP contribution < -0.4 is 0 Å². The predicted molar refractivity (Wildman–Crippen MR) is 154 cm³/mol. The second kappa shape index (κ2) is 12.9. The maximum atomic E-state index is 13.4. The molecule has 1 amide bonds. The maximum Gasteiger partial charge on any atom is 0.254 e. The molecule has 1 atom stereocenters. The minimum Gasteiger partial charge on any atom is -0.347 e. The molecule has 2 aromatic heterocycles. The van der Waals surface area contributed by atoms with Crippen molar-refractivity contribution in [1.29, 1.82) is 0 Å². The summed E-state index contributed by atoms with van der Waals surface area (Å²) in [4.78, 5) is 35.4. The van der Waals surface area contributed by atoms with E-state index in [2.05, 4.69) is 55.7 Å². The minimum absolute atomic E-state index is 0.0264. The molecule has 5 rings (SSSR count). The van der Waals surface area contributed by atoms with Crippen molar-refractivity contribution in [3.63, 3.8) is 0 Å². The molecular formula is C31H45N7O. The molecule has 1 saturated carbocycles. The molecule has 39 heavy (non-hydrogen) atoms. The Bertz CT molecular complexity index is 1100. The Morgan fingerprint density at radius 1 is 1.03 bits per heavy atom. The van der Waals surface area contributed by atoms with Gasteiger partial charge in [0.15, 0.2) is 0 Å². The van der Waals surface area contributed by atoms with Gasteiger partial charge in [0.05, 0.1) is 13.1 Å². The first-order chi connectivity index (χ1) is 19.0. The molecular weight excluding hydrogens is 486 g/mol. The van der Waals surface area contributed by atoms with Gasteiger partial charge in [0.25, 0.3) is 5.91 Å². The van der Waals surface area contributed by atoms with Gasteiger partial charge in [-0.3, -0.25) is 9.69 Å². The average Bonchev–Trinajstić information content (AvgIpc) is 3.73. The van der Waals surface area contributed by atoms with Crippen molar-refractivity contribution >= 4 is 5.91 Å². The molecule has 2 fully saturated rings. The number of hydrogen-bond acceptors (Lipinski definition) is 5. The number of amides is 1. The van der Waals surface area contributed by atoms with Gasteiger partial charge in [-0.25, -0.2) is 9.97 Å². The molecule has 8 heteroatoms. The van der Waals surface area contributed by atoms with Gasteiger partial charge in [-0.15, -0.1) is 0 Å². The van der Waals surface area contributed by atoms with Crippen molar-refractivity contribution in [2.75, 3.05) is 26.2 Å². The van der Waals surface area contributed by atoms with Crippen molar-refractivity contribution in [2.45, 2.75) is 84.5 Å². The highest BCUT2D eigenvalue weighted by atomic mass is 16.2. The van der Waals surface area contributed by atoms with E-state index in [-0.39, 0.29) is 5.91 Å². The van der Waals surface area contributed by atoms with Crippen molar-refractivity contribution in [3.05, 3.63) is 71.8 Å². The van der Waals surface area contributed by atoms with E-state index in [4.69, 9.17) is 0 Å². The zero-order valence-corrected chi connectivity index (χ0v) is 23.7. The zero-order chi connectivity index (χ0) is 27.1. The first kappa shape index (κ1) is 27.6. The van der Waals surface area contributed by atoms with Gasteiger partial charge in [0.2, 0.25) is 0 Å². The molecule has 0 spiro atoms. The topological polar surface area (TPSA) is 84.2 Å². The van der Waals surface area contributed by atoms with Crippen LogP contribution in [0.1, 0.15) is 86.4 Å². The van der Waals surface area contributed by atoms with Gasteiger partial charge in [-0.1, -0.05) is 45.2 Å². The van der Waals surface area contributed by atoms with Crippen LogP contribution in [0.15, 0.2) is 49.1 Å². The Morgan fingerprint density at radius 2 is 1.69 bits per heavy atom. The molecule has 3 aromatic rings. The Hall–Kier alpha value is -2.97. The van der Waals surface area contributed by atoms with Crippen LogP contribution in [0.4, 0.5) is 0 Å². The summed E-state index contributed by atoms with van der Waals surface area (Å²) in [6, 6.07) is 8.96. The summed E-state index contributed by atoms with van der Waals surface area (Å²) in [5, 5.41) is 0. The molecule has 3 heterocycles. The quantitative estimate of drug-likeness (QED) is 0.334. The van der Waals surface area contributed by atoms with E-state index in [1.807, 2.05) is 12.1 Å². The summed E-state index contributed by atoms with van der Waals surface area (Å²) in [5.41, 5.74) is 2.33. The summed E-state index contributed by atoms with van der Waals surface area (Å²) in [7, 11) is 0. The molecule has 0 radical (unpaired) electrons. The number of rotatable bonds is 12. The lowest BCUT2D eigenvalue weighted by Crippen LogP contribution is -2.39. The number of aromatic amines is 2. The summed E-state index contributed by atoms with van der Waals surface area (Å²) in [6.07, 6.45) is 16.5. The van der Waals surface area contributed by atoms with E-state index in [9.17, 15) is 4.79 Å². The third kappa shape index (κ3) is 7.37. The van der Waals surface area contributed by atoms with E-state index in [0.29, 0.717) is 24.1 Å². The van der Waals surface area contributed by atoms with Gasteiger partial charge < -0.3 is 19.8 Å². The van der Waals surface area contributed by atoms with E-state index < -0.39 is 0 Å². The van der Waals surface area contributed by atoms with E-state index in [1.54, 1.807) is 29.7 Å². The van der Waals surface area contributed by atoms with Gasteiger partial charge >= 0.3 is 0 Å². The van der Waals surface area contributed by atoms with Crippen LogP contribution in [0.2, 0.25) is 0 Å². The molecule has 1 unspecified atom stereocenters. The molecule has 1 aliphatic carbocycles. The number of aromatic nitrogens is 4. The number of nitrogens with zero attached hydrogens (tertiary/aromatic N) is 5. The summed E-state index contributed by atoms with van der Waals surface area (Å²) < 4.78 is 0. The lowest BCUT2D eigenvalue weighted by Gasteiger charge is -2.36. The van der Waals surface area contributed by atoms with Gasteiger partial charge in [-0.05, 0) is 68.4 Å². The van der Waals surface area contributed by atoms with Crippen LogP contribution in [-0.4, -0.2) is 72.8 Å². The van der Waals surface area contributed by atoms with Crippen LogP contribution in [0.25, 0.3) is 0 Å². The van der Waals surface area contributed by atoms with Crippen molar-refractivity contribution in [3.8, 4) is 0 Å². The fourth-order valence-corrected chi connectivity index (χ4v) is 6.45. The monoisotopic (exact) mass is 531 g/mol. The van der Waals surface area contributed by atoms with E-state index in [0.717, 1.165) is 37.3 Å². The summed E-state index contributed by atoms with van der Waals surface area (Å²) in [5.74, 6) is 1.48. The van der Waals surface area contributed by atoms with E-state index in [1.165, 1.54) is 63.6 Å². The van der Waals surface area contributed by atoms with Crippen molar-refractivity contribution in [1.82, 2.24) is 34.6 Å². The average molecular weight is 532 g/mol. The van der Waals surface area contributed by atoms with E-state index >= 15 is 0 Å². The Morgan fingerprint density at radius 3 is 2.28 bits per heavy atom. The van der Waals surface area contributed by atoms with Gasteiger partial charge in [0.1, 0.15) is 11.6 Å². The highest BCUT2D eigenvalue weighted by Gasteiger charge is 2.34. The van der Waals surface area contributed by atoms with Crippen LogP contribution in [0, 0.1) is 5.41 Å². The Labute approximate surface area is 233 Å². The molecule has 2 N–H and O–H groups in total. The fourth-order valence-electron chi connectivity index (χ4n) is 6.45. The first-order valence-electron chi connectivity index (χ1n) is 14.8. The van der Waals surface area contributed by atoms with Crippen LogP contribution in [0.5, 0.6) is 0 Å². The standard InChI is InChI=1S/C31H45N7O/c1-3-37(27-7-5-4-6-8-27)20-14-31(2)13-19-36(24-31)21-25-9-11-26(12-10-25)30(39)38(22-28-32-15-16-33-28)23-29-34-17-18-35-29/h9-12,15-18,27H,3-8,13-14,19-24H2,1-2H3,(H,32,33)(H,34,35). The Balaban J connectivity index is 1.15. The first-order valence-corrected chi connectivity index (χ1v) is 14.8. The smallest absolute Gasteiger partial charge is 0.254 e. The number of benzene rings is 1. The predicted octanol–water partition coefficient (Wildman–Crippen LogP) is 5.23. The third-order valence-corrected chi connectivity index (χ3v) is 8.82. The zero-order valence-electron chi connectivity index (χ0n) is 23.7. The highest BCUT2D eigenvalue weighted by molar-refractivity contribution is 5.94. The molecule has 8 nitrogen and oxygen atoms in total. The number of carbonyl (C=O) groups is 1. The molecule has 1 aromatic carbocycles. The minimum atomic E-state index is -0.0264. The maximum absolute atomic E-state index is 13.4. The van der Waals surface area contributed by atoms with Gasteiger partial charge in [0, 0.05) is 49.5 Å². The van der Waals surface area contributed by atoms with Crippen molar-refractivity contribution < 1.29 is 4.79 Å². The normalized spacial score (nSPS) is 20.6. The summed E-state index contributed by atoms with van der Waals surface area (Å²) >= 11 is 0. The second-order valence-electron chi connectivity index (χ2n) is 11.9. The Kier molecular flexibility index (Phi) is 9.14. The molecule has 2 aliphatic rings. The lowest BCUT2D eigenvalue weighted by atomic mass is 9.85. The third-order valence-electron chi connectivity index (χ3n) is 8.82. The van der Waals surface area contributed by atoms with Crippen LogP contribution in [0.3, 0.4) is 0 Å². The number of nitrogens with one attached hydrogen (secondary N) is 2. The fraction of sp³-hybridized carbons (Fsp3) is 0.581. The summed E-state index contributed by atoms with van der Waals surface area (Å²) in [6.45, 7) is 11.3. The van der Waals surface area contributed by atoms with Crippen molar-refractivity contribution in [2.24, 2.45) is 5.41 Å². The lowest BCUT2D eigenvalue weighted by molar-refractivity contribution is 0.0721.